The maximum Gasteiger partial charge on any atom is 0.123 e. The Labute approximate surface area is 93.0 Å². The van der Waals surface area contributed by atoms with Crippen molar-refractivity contribution in [1.29, 1.82) is 0 Å². The van der Waals surface area contributed by atoms with Gasteiger partial charge in [0.2, 0.25) is 0 Å². The van der Waals surface area contributed by atoms with Crippen molar-refractivity contribution in [3.05, 3.63) is 0 Å². The highest BCUT2D eigenvalue weighted by Gasteiger charge is 2.17. The van der Waals surface area contributed by atoms with Crippen LogP contribution in [-0.4, -0.2) is 30.8 Å². The number of nitrogens with zero attached hydrogens (tertiary/aromatic N) is 1. The van der Waals surface area contributed by atoms with Crippen molar-refractivity contribution in [2.45, 2.75) is 33.6 Å². The van der Waals surface area contributed by atoms with Crippen LogP contribution in [-0.2, 0) is 4.79 Å². The van der Waals surface area contributed by atoms with E-state index in [1.54, 1.807) is 0 Å². The van der Waals surface area contributed by atoms with E-state index in [4.69, 9.17) is 0 Å². The van der Waals surface area contributed by atoms with Gasteiger partial charge in [0.1, 0.15) is 6.29 Å². The normalized spacial score (nSPS) is 19.4. The van der Waals surface area contributed by atoms with Crippen molar-refractivity contribution in [1.82, 2.24) is 4.90 Å². The Bertz CT molecular complexity index is 258. The summed E-state index contributed by atoms with van der Waals surface area (Å²) in [5, 5.41) is 0. The van der Waals surface area contributed by atoms with Crippen molar-refractivity contribution in [3.63, 3.8) is 0 Å². The van der Waals surface area contributed by atoms with Gasteiger partial charge in [-0.2, -0.15) is 0 Å². The third-order valence-corrected chi connectivity index (χ3v) is 2.59. The summed E-state index contributed by atoms with van der Waals surface area (Å²) < 4.78 is 0. The van der Waals surface area contributed by atoms with Crippen molar-refractivity contribution < 1.29 is 4.79 Å². The molecule has 84 valence electrons. The molecule has 0 aromatic heterocycles. The summed E-state index contributed by atoms with van der Waals surface area (Å²) in [5.74, 6) is 6.74. The molecule has 2 nitrogen and oxygen atoms in total. The monoisotopic (exact) mass is 207 g/mol. The molecule has 0 amide bonds. The summed E-state index contributed by atoms with van der Waals surface area (Å²) in [4.78, 5) is 12.9. The highest BCUT2D eigenvalue weighted by Crippen LogP contribution is 2.14. The summed E-state index contributed by atoms with van der Waals surface area (Å²) >= 11 is 0. The van der Waals surface area contributed by atoms with Gasteiger partial charge < -0.3 is 4.79 Å². The van der Waals surface area contributed by atoms with E-state index in [9.17, 15) is 4.79 Å². The zero-order valence-corrected chi connectivity index (χ0v) is 10.0. The molecule has 0 N–H and O–H groups in total. The molecule has 0 atom stereocenters. The smallest absolute Gasteiger partial charge is 0.123 e. The largest absolute Gasteiger partial charge is 0.303 e. The average molecular weight is 207 g/mol. The molecule has 0 saturated carbocycles. The number of rotatable bonds is 2. The van der Waals surface area contributed by atoms with Crippen LogP contribution in [0.3, 0.4) is 0 Å². The minimum absolute atomic E-state index is 0.0983. The molecule has 1 aliphatic heterocycles. The van der Waals surface area contributed by atoms with E-state index in [-0.39, 0.29) is 11.3 Å². The second-order valence-electron chi connectivity index (χ2n) is 5.30. The van der Waals surface area contributed by atoms with Gasteiger partial charge in [-0.1, -0.05) is 11.8 Å². The fraction of sp³-hybridized carbons (Fsp3) is 0.769. The molecule has 2 heteroatoms. The first-order chi connectivity index (χ1) is 7.01. The topological polar surface area (TPSA) is 20.3 Å². The molecule has 1 saturated heterocycles. The second kappa shape index (κ2) is 5.32. The Kier molecular flexibility index (Phi) is 4.35. The first-order valence-corrected chi connectivity index (χ1v) is 5.69. The molecule has 0 radical (unpaired) electrons. The Morgan fingerprint density at radius 2 is 1.93 bits per heavy atom. The van der Waals surface area contributed by atoms with Crippen LogP contribution >= 0.6 is 0 Å². The highest BCUT2D eigenvalue weighted by atomic mass is 16.1. The standard InChI is InChI=1S/C13H21NO/c1-13(2,3)7-4-8-14-9-5-12(11-15)6-10-14/h11-12H,5-6,8-10H2,1-3H3. The predicted octanol–water partition coefficient (Wildman–Crippen LogP) is 1.95. The zero-order chi connectivity index (χ0) is 11.3. The lowest BCUT2D eigenvalue weighted by Crippen LogP contribution is -2.34. The van der Waals surface area contributed by atoms with Crippen molar-refractivity contribution in [2.75, 3.05) is 19.6 Å². The molecule has 0 aromatic carbocycles. The van der Waals surface area contributed by atoms with E-state index >= 15 is 0 Å². The third-order valence-electron chi connectivity index (χ3n) is 2.59. The van der Waals surface area contributed by atoms with Crippen LogP contribution in [0.5, 0.6) is 0 Å². The van der Waals surface area contributed by atoms with Gasteiger partial charge >= 0.3 is 0 Å². The van der Waals surface area contributed by atoms with Crippen LogP contribution in [0.25, 0.3) is 0 Å². The van der Waals surface area contributed by atoms with Crippen LogP contribution in [0.1, 0.15) is 33.6 Å². The van der Waals surface area contributed by atoms with E-state index in [1.165, 1.54) is 0 Å². The maximum atomic E-state index is 10.6. The molecule has 1 fully saturated rings. The van der Waals surface area contributed by atoms with Crippen molar-refractivity contribution in [2.24, 2.45) is 11.3 Å². The van der Waals surface area contributed by atoms with Crippen LogP contribution in [0, 0.1) is 23.2 Å². The van der Waals surface area contributed by atoms with Crippen molar-refractivity contribution in [3.8, 4) is 11.8 Å². The minimum atomic E-state index is 0.0983. The van der Waals surface area contributed by atoms with E-state index in [0.717, 1.165) is 38.8 Å². The van der Waals surface area contributed by atoms with Crippen LogP contribution < -0.4 is 0 Å². The molecule has 1 heterocycles. The molecular weight excluding hydrogens is 186 g/mol. The van der Waals surface area contributed by atoms with Gasteiger partial charge in [-0.05, 0) is 46.7 Å². The average Bonchev–Trinajstić information content (AvgIpc) is 2.17. The molecular formula is C13H21NO. The molecule has 15 heavy (non-hydrogen) atoms. The molecule has 0 unspecified atom stereocenters. The van der Waals surface area contributed by atoms with Gasteiger partial charge in [-0.15, -0.1) is 0 Å². The lowest BCUT2D eigenvalue weighted by Gasteiger charge is -2.27. The number of carbonyl (C=O) groups excluding carboxylic acids is 1. The lowest BCUT2D eigenvalue weighted by molar-refractivity contribution is -0.112. The Hall–Kier alpha value is -0.810. The molecule has 1 aliphatic rings. The first kappa shape index (κ1) is 12.3. The number of aldehydes is 1. The quantitative estimate of drug-likeness (QED) is 0.509. The fourth-order valence-electron chi connectivity index (χ4n) is 1.66. The second-order valence-corrected chi connectivity index (χ2v) is 5.30. The molecule has 0 spiro atoms. The highest BCUT2D eigenvalue weighted by molar-refractivity contribution is 5.53. The van der Waals surface area contributed by atoms with Crippen LogP contribution in [0.2, 0.25) is 0 Å². The minimum Gasteiger partial charge on any atom is -0.303 e. The van der Waals surface area contributed by atoms with Crippen LogP contribution in [0.15, 0.2) is 0 Å². The molecule has 0 aliphatic carbocycles. The van der Waals surface area contributed by atoms with Crippen LogP contribution in [0.4, 0.5) is 0 Å². The summed E-state index contributed by atoms with van der Waals surface area (Å²) in [7, 11) is 0. The Morgan fingerprint density at radius 3 is 2.40 bits per heavy atom. The molecule has 0 bridgehead atoms. The first-order valence-electron chi connectivity index (χ1n) is 5.69. The Balaban J connectivity index is 2.29. The van der Waals surface area contributed by atoms with Gasteiger partial charge in [-0.3, -0.25) is 4.90 Å². The summed E-state index contributed by atoms with van der Waals surface area (Å²) in [6, 6.07) is 0. The van der Waals surface area contributed by atoms with E-state index in [0.29, 0.717) is 0 Å². The number of hydrogen-bond acceptors (Lipinski definition) is 2. The third kappa shape index (κ3) is 4.99. The van der Waals surface area contributed by atoms with Gasteiger partial charge in [0.05, 0.1) is 6.54 Å². The SMILES string of the molecule is CC(C)(C)C#CCN1CCC(C=O)CC1. The number of carbonyl (C=O) groups is 1. The summed E-state index contributed by atoms with van der Waals surface area (Å²) in [6.07, 6.45) is 3.10. The zero-order valence-electron chi connectivity index (χ0n) is 10.0. The van der Waals surface area contributed by atoms with Crippen molar-refractivity contribution >= 4 is 6.29 Å². The molecule has 1 rings (SSSR count). The van der Waals surface area contributed by atoms with Gasteiger partial charge in [0.25, 0.3) is 0 Å². The van der Waals surface area contributed by atoms with Gasteiger partial charge in [0.15, 0.2) is 0 Å². The number of piperidine rings is 1. The number of hydrogen-bond donors (Lipinski definition) is 0. The van der Waals surface area contributed by atoms with Gasteiger partial charge in [0, 0.05) is 11.3 Å². The summed E-state index contributed by atoms with van der Waals surface area (Å²) in [6.45, 7) is 9.25. The maximum absolute atomic E-state index is 10.6. The van der Waals surface area contributed by atoms with E-state index < -0.39 is 0 Å². The fourth-order valence-corrected chi connectivity index (χ4v) is 1.66. The Morgan fingerprint density at radius 1 is 1.33 bits per heavy atom. The number of likely N-dealkylation sites (tertiary alicyclic amines) is 1. The van der Waals surface area contributed by atoms with E-state index in [1.807, 2.05) is 0 Å². The summed E-state index contributed by atoms with van der Waals surface area (Å²) in [5.41, 5.74) is 0.0983. The predicted molar refractivity (Wildman–Crippen MR) is 62.5 cm³/mol. The molecule has 0 aromatic rings. The van der Waals surface area contributed by atoms with Gasteiger partial charge in [-0.25, -0.2) is 0 Å². The van der Waals surface area contributed by atoms with E-state index in [2.05, 4.69) is 37.5 Å². The lowest BCUT2D eigenvalue weighted by atomic mass is 9.97.